The predicted molar refractivity (Wildman–Crippen MR) is 62.6 cm³/mol. The van der Waals surface area contributed by atoms with Crippen molar-refractivity contribution in [3.63, 3.8) is 0 Å². The Bertz CT molecular complexity index is 561. The van der Waals surface area contributed by atoms with E-state index in [0.29, 0.717) is 11.3 Å². The van der Waals surface area contributed by atoms with E-state index in [-0.39, 0.29) is 5.97 Å². The van der Waals surface area contributed by atoms with Crippen molar-refractivity contribution in [3.8, 4) is 0 Å². The molecule has 0 atom stereocenters. The Balaban J connectivity index is 2.87. The van der Waals surface area contributed by atoms with Gasteiger partial charge in [-0.3, -0.25) is 4.98 Å². The first-order chi connectivity index (χ1) is 7.65. The summed E-state index contributed by atoms with van der Waals surface area (Å²) in [5.41, 5.74) is 2.20. The molecular formula is C13H13NO2. The van der Waals surface area contributed by atoms with Crippen LogP contribution < -0.4 is 0 Å². The molecule has 0 aliphatic carbocycles. The number of fused-ring (bicyclic) bond motifs is 1. The first-order valence-corrected chi connectivity index (χ1v) is 5.09. The van der Waals surface area contributed by atoms with Crippen LogP contribution in [0.1, 0.15) is 21.7 Å². The van der Waals surface area contributed by atoms with Gasteiger partial charge in [0.25, 0.3) is 0 Å². The zero-order valence-corrected chi connectivity index (χ0v) is 9.57. The number of hydrogen-bond acceptors (Lipinski definition) is 3. The van der Waals surface area contributed by atoms with Crippen LogP contribution in [0.5, 0.6) is 0 Å². The number of carbonyl (C=O) groups excluding carboxylic acids is 1. The molecule has 1 aromatic carbocycles. The number of pyridine rings is 1. The van der Waals surface area contributed by atoms with E-state index in [1.165, 1.54) is 7.11 Å². The van der Waals surface area contributed by atoms with Crippen molar-refractivity contribution in [2.45, 2.75) is 13.8 Å². The van der Waals surface area contributed by atoms with Crippen LogP contribution >= 0.6 is 0 Å². The third-order valence-electron chi connectivity index (χ3n) is 2.67. The van der Waals surface area contributed by atoms with Gasteiger partial charge in [0.1, 0.15) is 0 Å². The second-order valence-corrected chi connectivity index (χ2v) is 3.69. The molecule has 0 amide bonds. The van der Waals surface area contributed by atoms with E-state index in [4.69, 9.17) is 4.74 Å². The van der Waals surface area contributed by atoms with Gasteiger partial charge in [0.2, 0.25) is 0 Å². The molecule has 3 nitrogen and oxygen atoms in total. The van der Waals surface area contributed by atoms with Gasteiger partial charge in [-0.15, -0.1) is 0 Å². The van der Waals surface area contributed by atoms with Crippen LogP contribution in [0.3, 0.4) is 0 Å². The molecule has 16 heavy (non-hydrogen) atoms. The standard InChI is InChI=1S/C13H13NO2/c1-8-10-6-4-5-7-11(10)12(9(2)14-8)13(15)16-3/h4-7H,1-3H3. The number of nitrogens with zero attached hydrogens (tertiary/aromatic N) is 1. The molecule has 0 saturated carbocycles. The molecule has 0 saturated heterocycles. The summed E-state index contributed by atoms with van der Waals surface area (Å²) in [7, 11) is 1.39. The van der Waals surface area contributed by atoms with Crippen LogP contribution in [-0.4, -0.2) is 18.1 Å². The fourth-order valence-corrected chi connectivity index (χ4v) is 1.94. The molecule has 0 fully saturated rings. The maximum absolute atomic E-state index is 11.7. The van der Waals surface area contributed by atoms with E-state index in [1.54, 1.807) is 0 Å². The second-order valence-electron chi connectivity index (χ2n) is 3.69. The maximum atomic E-state index is 11.7. The molecule has 0 unspecified atom stereocenters. The van der Waals surface area contributed by atoms with Gasteiger partial charge in [0.15, 0.2) is 0 Å². The highest BCUT2D eigenvalue weighted by atomic mass is 16.5. The van der Waals surface area contributed by atoms with Crippen LogP contribution in [0, 0.1) is 13.8 Å². The monoisotopic (exact) mass is 215 g/mol. The van der Waals surface area contributed by atoms with Crippen molar-refractivity contribution in [2.24, 2.45) is 0 Å². The Morgan fingerprint density at radius 2 is 1.75 bits per heavy atom. The molecule has 0 radical (unpaired) electrons. The number of aromatic nitrogens is 1. The molecule has 0 aliphatic heterocycles. The van der Waals surface area contributed by atoms with Gasteiger partial charge >= 0.3 is 5.97 Å². The minimum Gasteiger partial charge on any atom is -0.465 e. The zero-order valence-electron chi connectivity index (χ0n) is 9.57. The zero-order chi connectivity index (χ0) is 11.7. The average Bonchev–Trinajstić information content (AvgIpc) is 2.28. The lowest BCUT2D eigenvalue weighted by atomic mass is 10.0. The number of hydrogen-bond donors (Lipinski definition) is 0. The largest absolute Gasteiger partial charge is 0.465 e. The molecule has 1 aromatic heterocycles. The lowest BCUT2D eigenvalue weighted by Gasteiger charge is -2.09. The predicted octanol–water partition coefficient (Wildman–Crippen LogP) is 2.64. The topological polar surface area (TPSA) is 39.2 Å². The summed E-state index contributed by atoms with van der Waals surface area (Å²) in [5, 5.41) is 1.90. The van der Waals surface area contributed by atoms with Crippen LogP contribution in [0.15, 0.2) is 24.3 Å². The number of rotatable bonds is 1. The molecular weight excluding hydrogens is 202 g/mol. The van der Waals surface area contributed by atoms with Crippen molar-refractivity contribution >= 4 is 16.7 Å². The number of aryl methyl sites for hydroxylation is 2. The van der Waals surface area contributed by atoms with Crippen LogP contribution in [-0.2, 0) is 4.74 Å². The minimum absolute atomic E-state index is 0.332. The molecule has 0 aliphatic rings. The van der Waals surface area contributed by atoms with E-state index in [9.17, 15) is 4.79 Å². The first-order valence-electron chi connectivity index (χ1n) is 5.09. The molecule has 82 valence electrons. The Kier molecular flexibility index (Phi) is 2.60. The van der Waals surface area contributed by atoms with Crippen LogP contribution in [0.4, 0.5) is 0 Å². The summed E-state index contributed by atoms with van der Waals surface area (Å²) in [4.78, 5) is 16.1. The second kappa shape index (κ2) is 3.93. The maximum Gasteiger partial charge on any atom is 0.340 e. The lowest BCUT2D eigenvalue weighted by molar-refractivity contribution is 0.0601. The smallest absolute Gasteiger partial charge is 0.340 e. The van der Waals surface area contributed by atoms with Crippen molar-refractivity contribution < 1.29 is 9.53 Å². The number of methoxy groups -OCH3 is 1. The minimum atomic E-state index is -0.332. The van der Waals surface area contributed by atoms with Gasteiger partial charge in [0, 0.05) is 11.1 Å². The van der Waals surface area contributed by atoms with Gasteiger partial charge in [-0.05, 0) is 19.2 Å². The Hall–Kier alpha value is -1.90. The number of benzene rings is 1. The molecule has 0 bridgehead atoms. The first kappa shape index (κ1) is 10.6. The van der Waals surface area contributed by atoms with Crippen molar-refractivity contribution in [1.82, 2.24) is 4.98 Å². The van der Waals surface area contributed by atoms with E-state index >= 15 is 0 Å². The molecule has 2 aromatic rings. The summed E-state index contributed by atoms with van der Waals surface area (Å²) in [6, 6.07) is 7.73. The SMILES string of the molecule is COC(=O)c1c(C)nc(C)c2ccccc12. The quantitative estimate of drug-likeness (QED) is 0.686. The highest BCUT2D eigenvalue weighted by Crippen LogP contribution is 2.23. The van der Waals surface area contributed by atoms with Crippen molar-refractivity contribution in [3.05, 3.63) is 41.2 Å². The summed E-state index contributed by atoms with van der Waals surface area (Å²) in [5.74, 6) is -0.332. The molecule has 0 N–H and O–H groups in total. The normalized spacial score (nSPS) is 10.4. The highest BCUT2D eigenvalue weighted by molar-refractivity contribution is 6.05. The van der Waals surface area contributed by atoms with E-state index in [0.717, 1.165) is 16.5 Å². The van der Waals surface area contributed by atoms with Gasteiger partial charge in [0.05, 0.1) is 18.4 Å². The Morgan fingerprint density at radius 1 is 1.12 bits per heavy atom. The molecule has 3 heteroatoms. The summed E-state index contributed by atoms with van der Waals surface area (Å²) in [6.45, 7) is 3.77. The molecule has 2 rings (SSSR count). The third kappa shape index (κ3) is 1.54. The van der Waals surface area contributed by atoms with Crippen molar-refractivity contribution in [1.29, 1.82) is 0 Å². The van der Waals surface area contributed by atoms with E-state index in [1.807, 2.05) is 38.1 Å². The average molecular weight is 215 g/mol. The summed E-state index contributed by atoms with van der Waals surface area (Å²) in [6.07, 6.45) is 0. The Labute approximate surface area is 94.1 Å². The van der Waals surface area contributed by atoms with Gasteiger partial charge < -0.3 is 4.74 Å². The van der Waals surface area contributed by atoms with Gasteiger partial charge in [-0.1, -0.05) is 24.3 Å². The summed E-state index contributed by atoms with van der Waals surface area (Å²) >= 11 is 0. The van der Waals surface area contributed by atoms with Gasteiger partial charge in [-0.25, -0.2) is 4.79 Å². The number of esters is 1. The molecule has 0 spiro atoms. The van der Waals surface area contributed by atoms with E-state index < -0.39 is 0 Å². The van der Waals surface area contributed by atoms with E-state index in [2.05, 4.69) is 4.98 Å². The fraction of sp³-hybridized carbons (Fsp3) is 0.231. The van der Waals surface area contributed by atoms with Crippen molar-refractivity contribution in [2.75, 3.05) is 7.11 Å². The molecule has 1 heterocycles. The highest BCUT2D eigenvalue weighted by Gasteiger charge is 2.15. The number of ether oxygens (including phenoxy) is 1. The Morgan fingerprint density at radius 3 is 2.38 bits per heavy atom. The fourth-order valence-electron chi connectivity index (χ4n) is 1.94. The summed E-state index contributed by atoms with van der Waals surface area (Å²) < 4.78 is 4.79. The lowest BCUT2D eigenvalue weighted by Crippen LogP contribution is -2.07. The van der Waals surface area contributed by atoms with Crippen LogP contribution in [0.2, 0.25) is 0 Å². The van der Waals surface area contributed by atoms with Crippen LogP contribution in [0.25, 0.3) is 10.8 Å². The van der Waals surface area contributed by atoms with Gasteiger partial charge in [-0.2, -0.15) is 0 Å². The third-order valence-corrected chi connectivity index (χ3v) is 2.67. The number of carbonyl (C=O) groups is 1.